The highest BCUT2D eigenvalue weighted by atomic mass is 35.5. The molecule has 1 aliphatic rings. The predicted molar refractivity (Wildman–Crippen MR) is 173 cm³/mol. The van der Waals surface area contributed by atoms with Crippen molar-refractivity contribution in [3.63, 3.8) is 0 Å². The lowest BCUT2D eigenvalue weighted by Crippen LogP contribution is -2.59. The van der Waals surface area contributed by atoms with Crippen molar-refractivity contribution in [2.24, 2.45) is 0 Å². The van der Waals surface area contributed by atoms with E-state index in [1.54, 1.807) is 6.92 Å². The van der Waals surface area contributed by atoms with E-state index in [9.17, 15) is 23.6 Å². The molecule has 0 saturated heterocycles. The van der Waals surface area contributed by atoms with Crippen LogP contribution in [0.3, 0.4) is 0 Å². The Morgan fingerprint density at radius 1 is 1.07 bits per heavy atom. The zero-order valence-electron chi connectivity index (χ0n) is 25.0. The Hall–Kier alpha value is -2.80. The predicted octanol–water partition coefficient (Wildman–Crippen LogP) is 2.40. The lowest BCUT2D eigenvalue weighted by Gasteiger charge is -2.38. The van der Waals surface area contributed by atoms with Crippen LogP contribution in [0.25, 0.3) is 0 Å². The second kappa shape index (κ2) is 20.3. The van der Waals surface area contributed by atoms with Gasteiger partial charge in [-0.2, -0.15) is 11.8 Å². The first kappa shape index (κ1) is 37.4. The minimum Gasteiger partial charge on any atom is -0.464 e. The van der Waals surface area contributed by atoms with Gasteiger partial charge in [-0.25, -0.2) is 9.18 Å². The van der Waals surface area contributed by atoms with E-state index in [0.717, 1.165) is 5.70 Å². The van der Waals surface area contributed by atoms with Crippen molar-refractivity contribution in [2.75, 3.05) is 43.5 Å². The van der Waals surface area contributed by atoms with Crippen LogP contribution in [0.5, 0.6) is 0 Å². The van der Waals surface area contributed by atoms with Gasteiger partial charge in [-0.05, 0) is 55.5 Å². The number of hydrogen-bond acceptors (Lipinski definition) is 8. The number of amides is 3. The first-order valence-corrected chi connectivity index (χ1v) is 16.9. The average Bonchev–Trinajstić information content (AvgIpc) is 3.01. The van der Waals surface area contributed by atoms with Crippen molar-refractivity contribution in [2.45, 2.75) is 56.3 Å². The number of esters is 1. The summed E-state index contributed by atoms with van der Waals surface area (Å²) in [6, 6.07) is 2.43. The Labute approximate surface area is 272 Å². The number of carbonyl (C=O) groups is 4. The molecule has 0 heterocycles. The molecule has 1 aromatic carbocycles. The van der Waals surface area contributed by atoms with Crippen LogP contribution in [0.2, 0.25) is 0 Å². The van der Waals surface area contributed by atoms with Crippen LogP contribution < -0.4 is 26.6 Å². The molecule has 0 saturated carbocycles. The maximum absolute atomic E-state index is 13.9. The number of thioether (sulfide) groups is 1. The number of rotatable bonds is 21. The topological polar surface area (TPSA) is 138 Å². The molecular formula is C30H42Cl2FN5O5S. The van der Waals surface area contributed by atoms with Gasteiger partial charge in [0, 0.05) is 48.9 Å². The molecule has 1 unspecified atom stereocenters. The van der Waals surface area contributed by atoms with E-state index < -0.39 is 47.3 Å². The van der Waals surface area contributed by atoms with E-state index in [4.69, 9.17) is 27.9 Å². The quantitative estimate of drug-likeness (QED) is 0.0763. The Morgan fingerprint density at radius 3 is 2.39 bits per heavy atom. The number of nitrogens with one attached hydrogen (secondary N) is 5. The SMILES string of the molecule is CCOC(=O)[C@H](CCSC)NC(=O)[C@H](CC1(NCCCl)C=CC=C(NCCCl)C1)NC(=O)[C@H](Cc1ccc(F)cc1)NC=O. The molecule has 1 aliphatic carbocycles. The van der Waals surface area contributed by atoms with E-state index in [1.807, 2.05) is 24.5 Å². The molecular weight excluding hydrogens is 632 g/mol. The third kappa shape index (κ3) is 12.7. The molecule has 0 bridgehead atoms. The smallest absolute Gasteiger partial charge is 0.328 e. The van der Waals surface area contributed by atoms with Crippen molar-refractivity contribution in [3.05, 3.63) is 59.6 Å². The maximum Gasteiger partial charge on any atom is 0.328 e. The molecule has 1 aromatic rings. The van der Waals surface area contributed by atoms with Gasteiger partial charge in [0.25, 0.3) is 0 Å². The molecule has 0 aliphatic heterocycles. The van der Waals surface area contributed by atoms with Gasteiger partial charge >= 0.3 is 5.97 Å². The van der Waals surface area contributed by atoms with E-state index in [1.165, 1.54) is 36.0 Å². The summed E-state index contributed by atoms with van der Waals surface area (Å²) in [6.45, 7) is 2.77. The van der Waals surface area contributed by atoms with Gasteiger partial charge in [-0.3, -0.25) is 14.4 Å². The molecule has 3 amide bonds. The van der Waals surface area contributed by atoms with Gasteiger partial charge in [-0.1, -0.05) is 24.3 Å². The summed E-state index contributed by atoms with van der Waals surface area (Å²) in [5.74, 6) is -0.925. The van der Waals surface area contributed by atoms with E-state index in [-0.39, 0.29) is 19.4 Å². The molecule has 0 aromatic heterocycles. The molecule has 14 heteroatoms. The molecule has 5 N–H and O–H groups in total. The second-order valence-corrected chi connectivity index (χ2v) is 11.9. The molecule has 0 radical (unpaired) electrons. The van der Waals surface area contributed by atoms with Gasteiger partial charge < -0.3 is 31.3 Å². The van der Waals surface area contributed by atoms with Gasteiger partial charge in [-0.15, -0.1) is 23.2 Å². The summed E-state index contributed by atoms with van der Waals surface area (Å²) in [7, 11) is 0. The summed E-state index contributed by atoms with van der Waals surface area (Å²) in [5.41, 5.74) is 0.676. The Balaban J connectivity index is 2.41. The minimum atomic E-state index is -1.14. The second-order valence-electron chi connectivity index (χ2n) is 10.1. The molecule has 244 valence electrons. The standard InChI is InChI=1S/C30H42Cl2FN5O5S/c1-3-43-29(42)24(10-16-44-2)37-28(41)26(19-30(36-15-13-32)11-4-5-23(18-30)34-14-12-31)38-27(40)25(35-20-39)17-21-6-8-22(33)9-7-21/h4-9,11,20,24-26,34,36H,3,10,12-19H2,1-2H3,(H,35,39)(H,37,41)(H,38,40)/t24-,25-,26-,30?/m0/s1. The van der Waals surface area contributed by atoms with Crippen LogP contribution in [0, 0.1) is 5.82 Å². The zero-order chi connectivity index (χ0) is 32.4. The van der Waals surface area contributed by atoms with Gasteiger partial charge in [0.1, 0.15) is 23.9 Å². The molecule has 2 rings (SSSR count). The van der Waals surface area contributed by atoms with Gasteiger partial charge in [0.2, 0.25) is 18.2 Å². The lowest BCUT2D eigenvalue weighted by atomic mass is 9.82. The number of benzene rings is 1. The van der Waals surface area contributed by atoms with Crippen molar-refractivity contribution in [3.8, 4) is 0 Å². The van der Waals surface area contributed by atoms with Crippen LogP contribution in [-0.4, -0.2) is 91.3 Å². The number of carbonyl (C=O) groups excluding carboxylic acids is 4. The van der Waals surface area contributed by atoms with Crippen LogP contribution in [0.1, 0.15) is 31.7 Å². The van der Waals surface area contributed by atoms with Gasteiger partial charge in [0.05, 0.1) is 6.61 Å². The first-order chi connectivity index (χ1) is 21.2. The summed E-state index contributed by atoms with van der Waals surface area (Å²) in [6.07, 6.45) is 8.87. The summed E-state index contributed by atoms with van der Waals surface area (Å²) < 4.78 is 18.6. The Bertz CT molecular complexity index is 1140. The number of hydrogen-bond donors (Lipinski definition) is 5. The van der Waals surface area contributed by atoms with Crippen molar-refractivity contribution in [1.29, 1.82) is 0 Å². The number of halogens is 3. The third-order valence-electron chi connectivity index (χ3n) is 6.88. The molecule has 10 nitrogen and oxygen atoms in total. The number of alkyl halides is 2. The van der Waals surface area contributed by atoms with E-state index >= 15 is 0 Å². The fourth-order valence-corrected chi connectivity index (χ4v) is 5.44. The Kier molecular flexibility index (Phi) is 17.2. The Morgan fingerprint density at radius 2 is 1.75 bits per heavy atom. The molecule has 0 spiro atoms. The van der Waals surface area contributed by atoms with Crippen LogP contribution >= 0.6 is 35.0 Å². The molecule has 44 heavy (non-hydrogen) atoms. The number of allylic oxidation sites excluding steroid dienone is 2. The first-order valence-electron chi connectivity index (χ1n) is 14.4. The molecule has 4 atom stereocenters. The van der Waals surface area contributed by atoms with E-state index in [2.05, 4.69) is 26.6 Å². The highest BCUT2D eigenvalue weighted by Gasteiger charge is 2.38. The highest BCUT2D eigenvalue weighted by Crippen LogP contribution is 2.27. The van der Waals surface area contributed by atoms with Crippen LogP contribution in [0.15, 0.2) is 48.2 Å². The summed E-state index contributed by atoms with van der Waals surface area (Å²) in [4.78, 5) is 51.6. The fraction of sp³-hybridized carbons (Fsp3) is 0.533. The minimum absolute atomic E-state index is 0.0587. The van der Waals surface area contributed by atoms with Crippen molar-refractivity contribution < 1.29 is 28.3 Å². The molecule has 0 fully saturated rings. The fourth-order valence-electron chi connectivity index (χ4n) is 4.78. The van der Waals surface area contributed by atoms with Gasteiger partial charge in [0.15, 0.2) is 0 Å². The van der Waals surface area contributed by atoms with Crippen LogP contribution in [-0.2, 0) is 30.3 Å². The third-order valence-corrected chi connectivity index (χ3v) is 7.90. The maximum atomic E-state index is 13.9. The zero-order valence-corrected chi connectivity index (χ0v) is 27.3. The summed E-state index contributed by atoms with van der Waals surface area (Å²) >= 11 is 13.4. The van der Waals surface area contributed by atoms with Crippen LogP contribution in [0.4, 0.5) is 4.39 Å². The highest BCUT2D eigenvalue weighted by molar-refractivity contribution is 7.98. The van der Waals surface area contributed by atoms with Crippen molar-refractivity contribution >= 4 is 59.2 Å². The average molecular weight is 675 g/mol. The van der Waals surface area contributed by atoms with Crippen molar-refractivity contribution in [1.82, 2.24) is 26.6 Å². The normalized spacial score (nSPS) is 17.9. The number of ether oxygens (including phenoxy) is 1. The monoisotopic (exact) mass is 673 g/mol. The summed E-state index contributed by atoms with van der Waals surface area (Å²) in [5, 5.41) is 14.8. The van der Waals surface area contributed by atoms with E-state index in [0.29, 0.717) is 55.4 Å². The lowest BCUT2D eigenvalue weighted by molar-refractivity contribution is -0.147. The largest absolute Gasteiger partial charge is 0.464 e.